The molecule has 0 aromatic heterocycles. The quantitative estimate of drug-likeness (QED) is 0.719. The summed E-state index contributed by atoms with van der Waals surface area (Å²) in [6.45, 7) is 11.8. The van der Waals surface area contributed by atoms with E-state index in [1.165, 1.54) is 0 Å². The summed E-state index contributed by atoms with van der Waals surface area (Å²) in [7, 11) is 1.58. The molecule has 1 saturated heterocycles. The summed E-state index contributed by atoms with van der Waals surface area (Å²) in [5.41, 5.74) is -1.01. The normalized spacial score (nSPS) is 26.9. The molecule has 0 aromatic rings. The van der Waals surface area contributed by atoms with Crippen molar-refractivity contribution in [1.29, 1.82) is 0 Å². The molecular formula is C17H34O5. The Kier molecular flexibility index (Phi) is 6.84. The first-order valence-corrected chi connectivity index (χ1v) is 8.26. The van der Waals surface area contributed by atoms with Gasteiger partial charge in [-0.25, -0.2) is 0 Å². The van der Waals surface area contributed by atoms with Crippen molar-refractivity contribution in [2.75, 3.05) is 13.7 Å². The highest BCUT2D eigenvalue weighted by atomic mass is 16.8. The van der Waals surface area contributed by atoms with Crippen LogP contribution < -0.4 is 0 Å². The van der Waals surface area contributed by atoms with Crippen LogP contribution in [0.2, 0.25) is 0 Å². The lowest BCUT2D eigenvalue weighted by Crippen LogP contribution is -2.55. The second kappa shape index (κ2) is 7.58. The Morgan fingerprint density at radius 3 is 1.95 bits per heavy atom. The maximum absolute atomic E-state index is 11.3. The number of aliphatic hydroxyl groups excluding tert-OH is 1. The summed E-state index contributed by atoms with van der Waals surface area (Å²) >= 11 is 0. The Labute approximate surface area is 135 Å². The maximum Gasteiger partial charge on any atom is 0.164 e. The van der Waals surface area contributed by atoms with Crippen LogP contribution in [0.4, 0.5) is 0 Å². The molecule has 0 radical (unpaired) electrons. The van der Waals surface area contributed by atoms with Gasteiger partial charge < -0.3 is 24.4 Å². The van der Waals surface area contributed by atoms with Crippen molar-refractivity contribution in [3.8, 4) is 0 Å². The molecule has 5 nitrogen and oxygen atoms in total. The molecule has 0 aliphatic carbocycles. The zero-order valence-electron chi connectivity index (χ0n) is 15.1. The first kappa shape index (κ1) is 19.8. The van der Waals surface area contributed by atoms with Gasteiger partial charge in [-0.1, -0.05) is 27.7 Å². The average molecular weight is 318 g/mol. The molecule has 0 amide bonds. The zero-order chi connectivity index (χ0) is 17.1. The van der Waals surface area contributed by atoms with Gasteiger partial charge in [0.15, 0.2) is 5.79 Å². The predicted octanol–water partition coefficient (Wildman–Crippen LogP) is 2.34. The Morgan fingerprint density at radius 2 is 1.59 bits per heavy atom. The smallest absolute Gasteiger partial charge is 0.164 e. The predicted molar refractivity (Wildman–Crippen MR) is 85.6 cm³/mol. The number of rotatable bonds is 8. The van der Waals surface area contributed by atoms with Crippen molar-refractivity contribution < 1.29 is 24.4 Å². The lowest BCUT2D eigenvalue weighted by atomic mass is 9.78. The summed E-state index contributed by atoms with van der Waals surface area (Å²) in [4.78, 5) is 0. The Morgan fingerprint density at radius 1 is 1.09 bits per heavy atom. The molecule has 22 heavy (non-hydrogen) atoms. The minimum Gasteiger partial charge on any atom is -0.394 e. The molecule has 132 valence electrons. The number of hydrogen-bond acceptors (Lipinski definition) is 5. The minimum absolute atomic E-state index is 0.159. The summed E-state index contributed by atoms with van der Waals surface area (Å²) in [6.07, 6.45) is -0.306. The van der Waals surface area contributed by atoms with Gasteiger partial charge in [0.2, 0.25) is 0 Å². The molecule has 1 aliphatic rings. The molecule has 0 aromatic carbocycles. The molecule has 1 aliphatic heterocycles. The van der Waals surface area contributed by atoms with Crippen LogP contribution >= 0.6 is 0 Å². The minimum atomic E-state index is -1.01. The first-order valence-electron chi connectivity index (χ1n) is 8.26. The summed E-state index contributed by atoms with van der Waals surface area (Å²) < 4.78 is 17.3. The Balaban J connectivity index is 3.07. The molecule has 0 unspecified atom stereocenters. The third-order valence-electron chi connectivity index (χ3n) is 4.01. The highest BCUT2D eigenvalue weighted by Gasteiger charge is 2.52. The number of methoxy groups -OCH3 is 1. The highest BCUT2D eigenvalue weighted by Crippen LogP contribution is 2.38. The zero-order valence-corrected chi connectivity index (χ0v) is 15.1. The largest absolute Gasteiger partial charge is 0.394 e. The van der Waals surface area contributed by atoms with E-state index in [0.717, 1.165) is 0 Å². The van der Waals surface area contributed by atoms with E-state index in [1.807, 2.05) is 13.8 Å². The van der Waals surface area contributed by atoms with Gasteiger partial charge in [0.05, 0.1) is 12.2 Å². The summed E-state index contributed by atoms with van der Waals surface area (Å²) in [5.74, 6) is -0.139. The monoisotopic (exact) mass is 318 g/mol. The van der Waals surface area contributed by atoms with Crippen molar-refractivity contribution >= 4 is 0 Å². The van der Waals surface area contributed by atoms with Crippen molar-refractivity contribution in [2.45, 2.75) is 84.1 Å². The molecular weight excluding hydrogens is 284 g/mol. The van der Waals surface area contributed by atoms with E-state index >= 15 is 0 Å². The van der Waals surface area contributed by atoms with E-state index in [-0.39, 0.29) is 6.61 Å². The fraction of sp³-hybridized carbons (Fsp3) is 1.00. The second-order valence-corrected chi connectivity index (χ2v) is 7.78. The molecule has 3 atom stereocenters. The highest BCUT2D eigenvalue weighted by molar-refractivity contribution is 4.99. The van der Waals surface area contributed by atoms with E-state index in [9.17, 15) is 10.2 Å². The van der Waals surface area contributed by atoms with Gasteiger partial charge in [-0.3, -0.25) is 0 Å². The number of aliphatic hydroxyl groups is 2. The summed E-state index contributed by atoms with van der Waals surface area (Å²) in [6, 6.07) is 0. The fourth-order valence-corrected chi connectivity index (χ4v) is 3.65. The lowest BCUT2D eigenvalue weighted by Gasteiger charge is -2.41. The molecule has 0 saturated carbocycles. The van der Waals surface area contributed by atoms with Crippen LogP contribution in [0.1, 0.15) is 54.4 Å². The van der Waals surface area contributed by atoms with Crippen molar-refractivity contribution in [3.63, 3.8) is 0 Å². The van der Waals surface area contributed by atoms with Crippen LogP contribution in [0.15, 0.2) is 0 Å². The molecule has 0 spiro atoms. The fourth-order valence-electron chi connectivity index (χ4n) is 3.65. The van der Waals surface area contributed by atoms with Gasteiger partial charge in [0, 0.05) is 7.11 Å². The van der Waals surface area contributed by atoms with Gasteiger partial charge in [-0.2, -0.15) is 0 Å². The number of hydrogen-bond donors (Lipinski definition) is 2. The second-order valence-electron chi connectivity index (χ2n) is 7.78. The van der Waals surface area contributed by atoms with Crippen LogP contribution in [0, 0.1) is 11.8 Å². The third-order valence-corrected chi connectivity index (χ3v) is 4.01. The van der Waals surface area contributed by atoms with E-state index in [0.29, 0.717) is 24.7 Å². The topological polar surface area (TPSA) is 68.2 Å². The van der Waals surface area contributed by atoms with Crippen LogP contribution in [0.3, 0.4) is 0 Å². The first-order chi connectivity index (χ1) is 10.0. The Hall–Kier alpha value is -0.200. The molecule has 1 fully saturated rings. The van der Waals surface area contributed by atoms with Gasteiger partial charge >= 0.3 is 0 Å². The summed E-state index contributed by atoms with van der Waals surface area (Å²) in [5, 5.41) is 20.9. The van der Waals surface area contributed by atoms with Gasteiger partial charge in [0.1, 0.15) is 18.3 Å². The SMILES string of the molecule is CO[C@H]([C@H]1OC(C)(C)O[C@H]1CO)C(O)(CC(C)C)CC(C)C. The molecule has 1 rings (SSSR count). The average Bonchev–Trinajstić information content (AvgIpc) is 2.62. The van der Waals surface area contributed by atoms with E-state index in [2.05, 4.69) is 27.7 Å². The van der Waals surface area contributed by atoms with Crippen LogP contribution in [-0.4, -0.2) is 53.6 Å². The Bertz CT molecular complexity index is 330. The lowest BCUT2D eigenvalue weighted by molar-refractivity contribution is -0.191. The molecule has 2 N–H and O–H groups in total. The molecule has 0 bridgehead atoms. The van der Waals surface area contributed by atoms with Crippen LogP contribution in [0.25, 0.3) is 0 Å². The van der Waals surface area contributed by atoms with Crippen molar-refractivity contribution in [2.24, 2.45) is 11.8 Å². The van der Waals surface area contributed by atoms with E-state index in [4.69, 9.17) is 14.2 Å². The van der Waals surface area contributed by atoms with E-state index < -0.39 is 29.7 Å². The van der Waals surface area contributed by atoms with Crippen LogP contribution in [0.5, 0.6) is 0 Å². The van der Waals surface area contributed by atoms with Gasteiger partial charge in [-0.15, -0.1) is 0 Å². The molecule has 5 heteroatoms. The number of ether oxygens (including phenoxy) is 3. The van der Waals surface area contributed by atoms with Crippen molar-refractivity contribution in [1.82, 2.24) is 0 Å². The third kappa shape index (κ3) is 4.90. The van der Waals surface area contributed by atoms with Crippen LogP contribution in [-0.2, 0) is 14.2 Å². The van der Waals surface area contributed by atoms with E-state index in [1.54, 1.807) is 7.11 Å². The van der Waals surface area contributed by atoms with Crippen molar-refractivity contribution in [3.05, 3.63) is 0 Å². The van der Waals surface area contributed by atoms with Gasteiger partial charge in [-0.05, 0) is 38.5 Å². The maximum atomic E-state index is 11.3. The standard InChI is InChI=1S/C17H34O5/c1-11(2)8-17(19,9-12(3)4)15(20-7)14-13(10-18)21-16(5,6)22-14/h11-15,18-19H,8-10H2,1-7H3/t13-,14-,15+/m0/s1. The van der Waals surface area contributed by atoms with Gasteiger partial charge in [0.25, 0.3) is 0 Å². The molecule has 1 heterocycles.